The van der Waals surface area contributed by atoms with Crippen molar-refractivity contribution in [1.82, 2.24) is 4.98 Å². The molecule has 5 heteroatoms. The zero-order valence-electron chi connectivity index (χ0n) is 11.3. The second-order valence-electron chi connectivity index (χ2n) is 4.74. The molecule has 1 aromatic carbocycles. The zero-order valence-corrected chi connectivity index (χ0v) is 13.7. The molecule has 0 spiro atoms. The number of halogens is 1. The van der Waals surface area contributed by atoms with Crippen molar-refractivity contribution in [2.45, 2.75) is 12.5 Å². The van der Waals surface area contributed by atoms with E-state index in [0.717, 1.165) is 21.1 Å². The smallest absolute Gasteiger partial charge is 0.0733 e. The lowest BCUT2D eigenvalue weighted by atomic mass is 10.1. The summed E-state index contributed by atoms with van der Waals surface area (Å²) < 4.78 is 1.02. The summed E-state index contributed by atoms with van der Waals surface area (Å²) in [5.74, 6) is 0. The highest BCUT2D eigenvalue weighted by Crippen LogP contribution is 2.30. The molecule has 0 amide bonds. The second kappa shape index (κ2) is 6.56. The summed E-state index contributed by atoms with van der Waals surface area (Å²) in [7, 11) is 0. The van der Waals surface area contributed by atoms with E-state index in [2.05, 4.69) is 43.7 Å². The van der Waals surface area contributed by atoms with Gasteiger partial charge in [-0.2, -0.15) is 0 Å². The number of thiophene rings is 1. The quantitative estimate of drug-likeness (QED) is 0.697. The molecular formula is C16H15BrN2OS. The van der Waals surface area contributed by atoms with E-state index in [1.54, 1.807) is 11.3 Å². The van der Waals surface area contributed by atoms with Crippen LogP contribution in [0.25, 0.3) is 10.9 Å². The minimum absolute atomic E-state index is 0.115. The molecule has 2 N–H and O–H groups in total. The van der Waals surface area contributed by atoms with E-state index in [1.807, 2.05) is 30.5 Å². The van der Waals surface area contributed by atoms with Gasteiger partial charge in [0.1, 0.15) is 0 Å². The van der Waals surface area contributed by atoms with Crippen LogP contribution in [-0.4, -0.2) is 16.7 Å². The van der Waals surface area contributed by atoms with Crippen molar-refractivity contribution in [3.63, 3.8) is 0 Å². The number of fused-ring (bicyclic) bond motifs is 1. The molecule has 0 aliphatic rings. The molecule has 0 aliphatic carbocycles. The van der Waals surface area contributed by atoms with Gasteiger partial charge in [-0.25, -0.2) is 0 Å². The Morgan fingerprint density at radius 3 is 2.95 bits per heavy atom. The van der Waals surface area contributed by atoms with E-state index in [0.29, 0.717) is 6.42 Å². The Labute approximate surface area is 135 Å². The van der Waals surface area contributed by atoms with Crippen LogP contribution >= 0.6 is 27.3 Å². The summed E-state index contributed by atoms with van der Waals surface area (Å²) in [5, 5.41) is 16.0. The molecule has 3 aromatic rings. The number of nitrogens with zero attached hydrogens (tertiary/aromatic N) is 1. The first-order chi connectivity index (χ1) is 10.3. The third-order valence-electron chi connectivity index (χ3n) is 3.34. The molecule has 108 valence electrons. The largest absolute Gasteiger partial charge is 0.396 e. The third-order valence-corrected chi connectivity index (χ3v) is 4.82. The average Bonchev–Trinajstić information content (AvgIpc) is 3.01. The van der Waals surface area contributed by atoms with Crippen molar-refractivity contribution < 1.29 is 5.11 Å². The third kappa shape index (κ3) is 3.26. The molecule has 3 nitrogen and oxygen atoms in total. The van der Waals surface area contributed by atoms with E-state index in [1.165, 1.54) is 4.88 Å². The van der Waals surface area contributed by atoms with Crippen molar-refractivity contribution in [3.8, 4) is 0 Å². The fourth-order valence-electron chi connectivity index (χ4n) is 2.34. The Hall–Kier alpha value is -1.43. The molecule has 0 saturated carbocycles. The normalized spacial score (nSPS) is 12.5. The van der Waals surface area contributed by atoms with Crippen LogP contribution in [0, 0.1) is 0 Å². The van der Waals surface area contributed by atoms with Crippen LogP contribution < -0.4 is 5.32 Å². The summed E-state index contributed by atoms with van der Waals surface area (Å²) in [6.07, 6.45) is 2.49. The number of hydrogen-bond donors (Lipinski definition) is 2. The Morgan fingerprint density at radius 1 is 1.29 bits per heavy atom. The minimum Gasteiger partial charge on any atom is -0.396 e. The molecule has 0 aliphatic heterocycles. The minimum atomic E-state index is 0.115. The lowest BCUT2D eigenvalue weighted by Crippen LogP contribution is -2.11. The SMILES string of the molecule is OCCC(Nc1ccnc2cc(Br)ccc12)c1cccs1. The molecule has 2 heterocycles. The number of pyridine rings is 1. The standard InChI is InChI=1S/C16H15BrN2OS/c17-11-3-4-12-13(5-7-18-15(12)10-11)19-14(6-8-20)16-2-1-9-21-16/h1-5,7,9-10,14,20H,6,8H2,(H,18,19). The Morgan fingerprint density at radius 2 is 2.19 bits per heavy atom. The van der Waals surface area contributed by atoms with Gasteiger partial charge in [-0.3, -0.25) is 4.98 Å². The maximum Gasteiger partial charge on any atom is 0.0733 e. The van der Waals surface area contributed by atoms with Crippen molar-refractivity contribution in [2.75, 3.05) is 11.9 Å². The first-order valence-electron chi connectivity index (χ1n) is 6.73. The van der Waals surface area contributed by atoms with Crippen molar-refractivity contribution in [2.24, 2.45) is 0 Å². The fourth-order valence-corrected chi connectivity index (χ4v) is 3.50. The van der Waals surface area contributed by atoms with Gasteiger partial charge >= 0.3 is 0 Å². The van der Waals surface area contributed by atoms with Crippen LogP contribution in [0.3, 0.4) is 0 Å². The summed E-state index contributed by atoms with van der Waals surface area (Å²) in [6, 6.07) is 12.3. The molecule has 1 atom stereocenters. The number of aromatic nitrogens is 1. The van der Waals surface area contributed by atoms with Crippen molar-refractivity contribution >= 4 is 43.9 Å². The molecule has 0 bridgehead atoms. The molecule has 2 aromatic heterocycles. The van der Waals surface area contributed by atoms with Crippen molar-refractivity contribution in [3.05, 3.63) is 57.3 Å². The number of rotatable bonds is 5. The Balaban J connectivity index is 1.96. The number of hydrogen-bond acceptors (Lipinski definition) is 4. The van der Waals surface area contributed by atoms with E-state index >= 15 is 0 Å². The molecule has 0 saturated heterocycles. The van der Waals surface area contributed by atoms with Gasteiger partial charge < -0.3 is 10.4 Å². The lowest BCUT2D eigenvalue weighted by Gasteiger charge is -2.19. The average molecular weight is 363 g/mol. The Kier molecular flexibility index (Phi) is 4.53. The summed E-state index contributed by atoms with van der Waals surface area (Å²) in [6.45, 7) is 0.157. The molecule has 0 fully saturated rings. The predicted molar refractivity (Wildman–Crippen MR) is 91.8 cm³/mol. The lowest BCUT2D eigenvalue weighted by molar-refractivity contribution is 0.280. The molecule has 1 unspecified atom stereocenters. The van der Waals surface area contributed by atoms with Gasteiger partial charge in [-0.1, -0.05) is 22.0 Å². The number of benzene rings is 1. The van der Waals surface area contributed by atoms with E-state index in [9.17, 15) is 5.11 Å². The topological polar surface area (TPSA) is 45.1 Å². The van der Waals surface area contributed by atoms with E-state index < -0.39 is 0 Å². The number of aliphatic hydroxyl groups excluding tert-OH is 1. The highest BCUT2D eigenvalue weighted by atomic mass is 79.9. The molecule has 3 rings (SSSR count). The van der Waals surface area contributed by atoms with Crippen LogP contribution in [0.1, 0.15) is 17.3 Å². The van der Waals surface area contributed by atoms with Crippen molar-refractivity contribution in [1.29, 1.82) is 0 Å². The van der Waals surface area contributed by atoms with Gasteiger partial charge in [0.05, 0.1) is 11.6 Å². The van der Waals surface area contributed by atoms with Crippen LogP contribution in [0.4, 0.5) is 5.69 Å². The molecule has 21 heavy (non-hydrogen) atoms. The van der Waals surface area contributed by atoms with E-state index in [-0.39, 0.29) is 12.6 Å². The van der Waals surface area contributed by atoms with Crippen LogP contribution in [0.15, 0.2) is 52.4 Å². The van der Waals surface area contributed by atoms with Crippen LogP contribution in [0.2, 0.25) is 0 Å². The van der Waals surface area contributed by atoms with Gasteiger partial charge in [-0.15, -0.1) is 11.3 Å². The summed E-state index contributed by atoms with van der Waals surface area (Å²) >= 11 is 5.17. The number of aliphatic hydroxyl groups is 1. The number of anilines is 1. The summed E-state index contributed by atoms with van der Waals surface area (Å²) in [5.41, 5.74) is 1.99. The maximum absolute atomic E-state index is 9.31. The van der Waals surface area contributed by atoms with Gasteiger partial charge in [0.25, 0.3) is 0 Å². The fraction of sp³-hybridized carbons (Fsp3) is 0.188. The first kappa shape index (κ1) is 14.5. The van der Waals surface area contributed by atoms with Crippen LogP contribution in [0.5, 0.6) is 0 Å². The molecule has 0 radical (unpaired) electrons. The maximum atomic E-state index is 9.31. The second-order valence-corrected chi connectivity index (χ2v) is 6.64. The predicted octanol–water partition coefficient (Wildman–Crippen LogP) is 4.59. The summed E-state index contributed by atoms with van der Waals surface area (Å²) in [4.78, 5) is 5.63. The number of nitrogens with one attached hydrogen (secondary N) is 1. The highest BCUT2D eigenvalue weighted by molar-refractivity contribution is 9.10. The van der Waals surface area contributed by atoms with Gasteiger partial charge in [0, 0.05) is 33.2 Å². The van der Waals surface area contributed by atoms with Gasteiger partial charge in [0.2, 0.25) is 0 Å². The van der Waals surface area contributed by atoms with Gasteiger partial charge in [-0.05, 0) is 42.1 Å². The van der Waals surface area contributed by atoms with Crippen LogP contribution in [-0.2, 0) is 0 Å². The van der Waals surface area contributed by atoms with E-state index in [4.69, 9.17) is 0 Å². The highest BCUT2D eigenvalue weighted by Gasteiger charge is 2.13. The monoisotopic (exact) mass is 362 g/mol. The Bertz CT molecular complexity index is 730. The molecular weight excluding hydrogens is 348 g/mol. The van der Waals surface area contributed by atoms with Gasteiger partial charge in [0.15, 0.2) is 0 Å². The zero-order chi connectivity index (χ0) is 14.7. The first-order valence-corrected chi connectivity index (χ1v) is 8.40.